The van der Waals surface area contributed by atoms with Gasteiger partial charge in [-0.3, -0.25) is 9.59 Å². The molecule has 0 bridgehead atoms. The van der Waals surface area contributed by atoms with Crippen molar-refractivity contribution in [2.45, 2.75) is 25.7 Å². The smallest absolute Gasteiger partial charge is 0.308 e. The molecule has 0 spiro atoms. The van der Waals surface area contributed by atoms with Crippen molar-refractivity contribution in [3.05, 3.63) is 41.4 Å². The Balaban J connectivity index is 1.51. The molecule has 1 aromatic carbocycles. The van der Waals surface area contributed by atoms with Crippen LogP contribution in [0.15, 0.2) is 34.9 Å². The number of carbonyl (C=O) groups is 2. The number of likely N-dealkylation sites (tertiary alicyclic amines) is 1. The molecule has 0 N–H and O–H groups in total. The second-order valence-corrected chi connectivity index (χ2v) is 6.68. The Kier molecular flexibility index (Phi) is 5.93. The summed E-state index contributed by atoms with van der Waals surface area (Å²) in [6.07, 6.45) is 3.68. The fourth-order valence-corrected chi connectivity index (χ4v) is 3.34. The molecule has 0 atom stereocenters. The number of carbonyl (C=O) groups excluding carboxylic acids is 2. The fraction of sp³-hybridized carbons (Fsp3) is 0.421. The van der Waals surface area contributed by atoms with Gasteiger partial charge in [0.25, 0.3) is 0 Å². The number of ether oxygens (including phenoxy) is 1. The summed E-state index contributed by atoms with van der Waals surface area (Å²) >= 11 is 6.16. The topological polar surface area (TPSA) is 72.6 Å². The molecular weight excluding hydrogens is 356 g/mol. The van der Waals surface area contributed by atoms with Crippen molar-refractivity contribution in [1.29, 1.82) is 0 Å². The minimum atomic E-state index is -0.191. The van der Waals surface area contributed by atoms with Gasteiger partial charge in [0.2, 0.25) is 5.91 Å². The van der Waals surface area contributed by atoms with E-state index >= 15 is 0 Å². The van der Waals surface area contributed by atoms with Crippen LogP contribution >= 0.6 is 11.6 Å². The lowest BCUT2D eigenvalue weighted by molar-refractivity contribution is -0.148. The summed E-state index contributed by atoms with van der Waals surface area (Å²) in [5, 5.41) is 0.597. The van der Waals surface area contributed by atoms with E-state index in [4.69, 9.17) is 20.8 Å². The highest BCUT2D eigenvalue weighted by Gasteiger charge is 2.27. The quantitative estimate of drug-likeness (QED) is 0.748. The van der Waals surface area contributed by atoms with Gasteiger partial charge >= 0.3 is 5.97 Å². The third kappa shape index (κ3) is 4.25. The van der Waals surface area contributed by atoms with Gasteiger partial charge in [-0.05, 0) is 25.0 Å². The highest BCUT2D eigenvalue weighted by molar-refractivity contribution is 6.33. The molecule has 0 radical (unpaired) electrons. The number of rotatable bonds is 5. The van der Waals surface area contributed by atoms with Crippen LogP contribution in [0.1, 0.15) is 25.2 Å². The van der Waals surface area contributed by atoms with Gasteiger partial charge in [-0.25, -0.2) is 4.98 Å². The number of piperidine rings is 1. The van der Waals surface area contributed by atoms with E-state index in [1.54, 1.807) is 17.2 Å². The Morgan fingerprint density at radius 3 is 2.73 bits per heavy atom. The van der Waals surface area contributed by atoms with Gasteiger partial charge in [-0.2, -0.15) is 0 Å². The summed E-state index contributed by atoms with van der Waals surface area (Å²) in [7, 11) is 1.40. The maximum Gasteiger partial charge on any atom is 0.308 e. The zero-order valence-electron chi connectivity index (χ0n) is 14.6. The van der Waals surface area contributed by atoms with Crippen LogP contribution in [0.2, 0.25) is 5.02 Å². The van der Waals surface area contributed by atoms with Crippen molar-refractivity contribution in [3.63, 3.8) is 0 Å². The second kappa shape index (κ2) is 8.36. The van der Waals surface area contributed by atoms with Crippen molar-refractivity contribution in [2.24, 2.45) is 5.92 Å². The first-order valence-corrected chi connectivity index (χ1v) is 9.01. The summed E-state index contributed by atoms with van der Waals surface area (Å²) in [6.45, 7) is 1.16. The average molecular weight is 377 g/mol. The van der Waals surface area contributed by atoms with Crippen LogP contribution in [0, 0.1) is 5.92 Å². The van der Waals surface area contributed by atoms with E-state index in [9.17, 15) is 9.59 Å². The van der Waals surface area contributed by atoms with Gasteiger partial charge in [-0.1, -0.05) is 23.7 Å². The molecule has 2 heterocycles. The van der Waals surface area contributed by atoms with Gasteiger partial charge in [0.05, 0.1) is 24.2 Å². The summed E-state index contributed by atoms with van der Waals surface area (Å²) in [5.41, 5.74) is 0.782. The summed E-state index contributed by atoms with van der Waals surface area (Å²) in [4.78, 5) is 29.9. The van der Waals surface area contributed by atoms with E-state index in [-0.39, 0.29) is 17.8 Å². The Morgan fingerprint density at radius 1 is 1.31 bits per heavy atom. The normalized spacial score (nSPS) is 15.1. The first-order valence-electron chi connectivity index (χ1n) is 8.63. The van der Waals surface area contributed by atoms with Crippen LogP contribution in [-0.4, -0.2) is 42.0 Å². The number of methoxy groups -OCH3 is 1. The van der Waals surface area contributed by atoms with E-state index in [0.717, 1.165) is 5.56 Å². The minimum absolute atomic E-state index is 0.0470. The van der Waals surface area contributed by atoms with E-state index in [2.05, 4.69) is 4.98 Å². The van der Waals surface area contributed by atoms with Crippen molar-refractivity contribution < 1.29 is 18.7 Å². The molecule has 138 valence electrons. The molecule has 0 saturated carbocycles. The van der Waals surface area contributed by atoms with E-state index in [1.165, 1.54) is 7.11 Å². The SMILES string of the molecule is COC(=O)C1CCN(C(=O)CCc2ncc(-c3ccccc3Cl)o2)CC1. The molecule has 0 unspecified atom stereocenters. The molecule has 1 aliphatic heterocycles. The molecule has 1 saturated heterocycles. The maximum absolute atomic E-state index is 12.4. The summed E-state index contributed by atoms with van der Waals surface area (Å²) < 4.78 is 10.5. The van der Waals surface area contributed by atoms with Gasteiger partial charge < -0.3 is 14.1 Å². The molecule has 1 amide bonds. The molecule has 1 fully saturated rings. The van der Waals surface area contributed by atoms with Crippen LogP contribution in [0.3, 0.4) is 0 Å². The maximum atomic E-state index is 12.4. The van der Waals surface area contributed by atoms with Gasteiger partial charge in [0, 0.05) is 31.5 Å². The number of halogens is 1. The summed E-state index contributed by atoms with van der Waals surface area (Å²) in [6, 6.07) is 7.39. The van der Waals surface area contributed by atoms with Crippen LogP contribution in [0.5, 0.6) is 0 Å². The molecule has 26 heavy (non-hydrogen) atoms. The third-order valence-electron chi connectivity index (χ3n) is 4.63. The number of nitrogens with zero attached hydrogens (tertiary/aromatic N) is 2. The van der Waals surface area contributed by atoms with Crippen molar-refractivity contribution in [2.75, 3.05) is 20.2 Å². The monoisotopic (exact) mass is 376 g/mol. The number of aryl methyl sites for hydroxylation is 1. The van der Waals surface area contributed by atoms with Crippen LogP contribution in [0.25, 0.3) is 11.3 Å². The highest BCUT2D eigenvalue weighted by atomic mass is 35.5. The zero-order chi connectivity index (χ0) is 18.5. The van der Waals surface area contributed by atoms with Crippen LogP contribution in [-0.2, 0) is 20.7 Å². The Hall–Kier alpha value is -2.34. The highest BCUT2D eigenvalue weighted by Crippen LogP contribution is 2.28. The number of hydrogen-bond acceptors (Lipinski definition) is 5. The van der Waals surface area contributed by atoms with Crippen LogP contribution < -0.4 is 0 Å². The Labute approximate surface area is 157 Å². The van der Waals surface area contributed by atoms with Crippen LogP contribution in [0.4, 0.5) is 0 Å². The number of hydrogen-bond donors (Lipinski definition) is 0. The largest absolute Gasteiger partial charge is 0.469 e. The summed E-state index contributed by atoms with van der Waals surface area (Å²) in [5.74, 6) is 0.860. The average Bonchev–Trinajstić information content (AvgIpc) is 3.14. The predicted molar refractivity (Wildman–Crippen MR) is 96.6 cm³/mol. The molecule has 3 rings (SSSR count). The van der Waals surface area contributed by atoms with Gasteiger partial charge in [0.15, 0.2) is 11.7 Å². The fourth-order valence-electron chi connectivity index (χ4n) is 3.11. The molecule has 0 aliphatic carbocycles. The van der Waals surface area contributed by atoms with E-state index in [1.807, 2.05) is 18.2 Å². The predicted octanol–water partition coefficient (Wildman–Crippen LogP) is 3.34. The minimum Gasteiger partial charge on any atom is -0.469 e. The second-order valence-electron chi connectivity index (χ2n) is 6.28. The number of benzene rings is 1. The molecule has 1 aliphatic rings. The number of oxazole rings is 1. The molecule has 2 aromatic rings. The number of amides is 1. The molecular formula is C19H21ClN2O4. The Morgan fingerprint density at radius 2 is 2.04 bits per heavy atom. The first-order chi connectivity index (χ1) is 12.6. The van der Waals surface area contributed by atoms with Crippen molar-refractivity contribution in [3.8, 4) is 11.3 Å². The lowest BCUT2D eigenvalue weighted by atomic mass is 9.97. The van der Waals surface area contributed by atoms with Gasteiger partial charge in [0.1, 0.15) is 0 Å². The first kappa shape index (κ1) is 18.5. The lowest BCUT2D eigenvalue weighted by Crippen LogP contribution is -2.40. The van der Waals surface area contributed by atoms with Crippen molar-refractivity contribution in [1.82, 2.24) is 9.88 Å². The van der Waals surface area contributed by atoms with Gasteiger partial charge in [-0.15, -0.1) is 0 Å². The standard InChI is InChI=1S/C19H21ClN2O4/c1-25-19(24)13-8-10-22(11-9-13)18(23)7-6-17-21-12-16(26-17)14-4-2-3-5-15(14)20/h2-5,12-13H,6-11H2,1H3. The molecule has 6 nitrogen and oxygen atoms in total. The zero-order valence-corrected chi connectivity index (χ0v) is 15.4. The lowest BCUT2D eigenvalue weighted by Gasteiger charge is -2.30. The van der Waals surface area contributed by atoms with E-state index in [0.29, 0.717) is 55.4 Å². The van der Waals surface area contributed by atoms with Crippen molar-refractivity contribution >= 4 is 23.5 Å². The third-order valence-corrected chi connectivity index (χ3v) is 4.96. The molecule has 1 aromatic heterocycles. The number of esters is 1. The van der Waals surface area contributed by atoms with E-state index < -0.39 is 0 Å². The Bertz CT molecular complexity index is 781. The molecule has 7 heteroatoms. The number of aromatic nitrogens is 1.